The molecule has 0 aromatic carbocycles. The molecule has 2 aliphatic heterocycles. The van der Waals surface area contributed by atoms with Gasteiger partial charge in [0.25, 0.3) is 0 Å². The second kappa shape index (κ2) is 7.83. The summed E-state index contributed by atoms with van der Waals surface area (Å²) in [6.45, 7) is 4.57. The second-order valence-electron chi connectivity index (χ2n) is 6.40. The van der Waals surface area contributed by atoms with Gasteiger partial charge in [-0.25, -0.2) is 4.79 Å². The van der Waals surface area contributed by atoms with Gasteiger partial charge in [0.05, 0.1) is 31.1 Å². The number of nitrogens with one attached hydrogen (secondary N) is 2. The summed E-state index contributed by atoms with van der Waals surface area (Å²) in [4.78, 5) is 36.1. The Labute approximate surface area is 150 Å². The van der Waals surface area contributed by atoms with Gasteiger partial charge in [0, 0.05) is 12.2 Å². The molecule has 1 aromatic rings. The largest absolute Gasteiger partial charge is 0.379 e. The van der Waals surface area contributed by atoms with Crippen molar-refractivity contribution >= 4 is 17.8 Å². The molecule has 0 radical (unpaired) electrons. The predicted octanol–water partition coefficient (Wildman–Crippen LogP) is -0.366. The molecule has 3 heterocycles. The first-order valence-corrected chi connectivity index (χ1v) is 8.43. The summed E-state index contributed by atoms with van der Waals surface area (Å²) in [5.74, 6) is -0.0689. The molecular weight excluding hydrogens is 344 g/mol. The van der Waals surface area contributed by atoms with E-state index in [-0.39, 0.29) is 31.1 Å². The van der Waals surface area contributed by atoms with Crippen LogP contribution in [0.2, 0.25) is 0 Å². The van der Waals surface area contributed by atoms with Crippen molar-refractivity contribution in [3.05, 3.63) is 17.0 Å². The van der Waals surface area contributed by atoms with Gasteiger partial charge in [-0.1, -0.05) is 5.16 Å². The minimum atomic E-state index is -0.559. The number of urea groups is 1. The molecule has 0 saturated carbocycles. The van der Waals surface area contributed by atoms with Crippen molar-refractivity contribution in [2.75, 3.05) is 26.3 Å². The van der Waals surface area contributed by atoms with E-state index < -0.39 is 11.9 Å². The maximum Gasteiger partial charge on any atom is 0.325 e. The number of carbonyl (C=O) groups is 3. The molecule has 0 aliphatic carbocycles. The standard InChI is InChI=1S/C16H22N4O6/c1-9-11(10(2)26-19-9)7-25-13-3-4-24-8-12(13)17-14(21)5-20-6-15(22)18-16(20)23/h12-13H,3-8H2,1-2H3,(H,17,21)(H,18,22,23)/t12-,13+/m0/s1. The van der Waals surface area contributed by atoms with Crippen molar-refractivity contribution in [1.82, 2.24) is 20.7 Å². The Morgan fingerprint density at radius 1 is 1.42 bits per heavy atom. The van der Waals surface area contributed by atoms with Crippen molar-refractivity contribution < 1.29 is 28.4 Å². The van der Waals surface area contributed by atoms with Gasteiger partial charge in [-0.15, -0.1) is 0 Å². The maximum atomic E-state index is 12.2. The zero-order valence-corrected chi connectivity index (χ0v) is 14.7. The Bertz CT molecular complexity index is 683. The molecule has 26 heavy (non-hydrogen) atoms. The van der Waals surface area contributed by atoms with Gasteiger partial charge in [-0.3, -0.25) is 14.9 Å². The zero-order valence-electron chi connectivity index (χ0n) is 14.7. The number of carbonyl (C=O) groups excluding carboxylic acids is 3. The monoisotopic (exact) mass is 366 g/mol. The lowest BCUT2D eigenvalue weighted by molar-refractivity contribution is -0.127. The minimum Gasteiger partial charge on any atom is -0.379 e. The lowest BCUT2D eigenvalue weighted by Crippen LogP contribution is -2.52. The average molecular weight is 366 g/mol. The molecule has 1 aromatic heterocycles. The van der Waals surface area contributed by atoms with Gasteiger partial charge in [0.15, 0.2) is 0 Å². The van der Waals surface area contributed by atoms with Crippen LogP contribution in [0.3, 0.4) is 0 Å². The van der Waals surface area contributed by atoms with Crippen LogP contribution >= 0.6 is 0 Å². The first kappa shape index (κ1) is 18.3. The SMILES string of the molecule is Cc1noc(C)c1CO[C@@H]1CCOC[C@@H]1NC(=O)CN1CC(=O)NC1=O. The van der Waals surface area contributed by atoms with Crippen LogP contribution in [0.25, 0.3) is 0 Å². The normalized spacial score (nSPS) is 23.2. The highest BCUT2D eigenvalue weighted by Gasteiger charge is 2.32. The molecule has 2 saturated heterocycles. The quantitative estimate of drug-likeness (QED) is 0.659. The minimum absolute atomic E-state index is 0.112. The lowest BCUT2D eigenvalue weighted by atomic mass is 10.1. The fraction of sp³-hybridized carbons (Fsp3) is 0.625. The number of ether oxygens (including phenoxy) is 2. The van der Waals surface area contributed by atoms with Gasteiger partial charge in [0.1, 0.15) is 18.8 Å². The van der Waals surface area contributed by atoms with Crippen molar-refractivity contribution in [1.29, 1.82) is 0 Å². The van der Waals surface area contributed by atoms with E-state index >= 15 is 0 Å². The van der Waals surface area contributed by atoms with Crippen LogP contribution in [0, 0.1) is 13.8 Å². The first-order chi connectivity index (χ1) is 12.4. The van der Waals surface area contributed by atoms with Gasteiger partial charge in [-0.05, 0) is 20.3 Å². The van der Waals surface area contributed by atoms with Crippen molar-refractivity contribution in [2.24, 2.45) is 0 Å². The zero-order chi connectivity index (χ0) is 18.7. The van der Waals surface area contributed by atoms with Crippen LogP contribution in [0.15, 0.2) is 4.52 Å². The molecule has 2 atom stereocenters. The van der Waals surface area contributed by atoms with Gasteiger partial charge in [-0.2, -0.15) is 0 Å². The number of rotatable bonds is 6. The van der Waals surface area contributed by atoms with Crippen LogP contribution in [0.4, 0.5) is 4.79 Å². The van der Waals surface area contributed by atoms with Gasteiger partial charge in [0.2, 0.25) is 11.8 Å². The van der Waals surface area contributed by atoms with Crippen molar-refractivity contribution in [3.63, 3.8) is 0 Å². The van der Waals surface area contributed by atoms with Crippen LogP contribution in [0.5, 0.6) is 0 Å². The highest BCUT2D eigenvalue weighted by atomic mass is 16.5. The van der Waals surface area contributed by atoms with E-state index in [4.69, 9.17) is 14.0 Å². The number of hydrogen-bond acceptors (Lipinski definition) is 7. The molecule has 4 amide bonds. The Kier molecular flexibility index (Phi) is 5.52. The van der Waals surface area contributed by atoms with Crippen LogP contribution in [-0.2, 0) is 25.7 Å². The second-order valence-corrected chi connectivity index (χ2v) is 6.40. The number of aryl methyl sites for hydroxylation is 2. The Morgan fingerprint density at radius 2 is 2.23 bits per heavy atom. The summed E-state index contributed by atoms with van der Waals surface area (Å²) in [5.41, 5.74) is 1.67. The maximum absolute atomic E-state index is 12.2. The Hall–Kier alpha value is -2.46. The van der Waals surface area contributed by atoms with Crippen LogP contribution in [-0.4, -0.2) is 66.4 Å². The molecular formula is C16H22N4O6. The number of imide groups is 1. The molecule has 2 aliphatic rings. The lowest BCUT2D eigenvalue weighted by Gasteiger charge is -2.32. The Morgan fingerprint density at radius 3 is 2.88 bits per heavy atom. The highest BCUT2D eigenvalue weighted by molar-refractivity contribution is 6.03. The molecule has 0 unspecified atom stereocenters. The van der Waals surface area contributed by atoms with Gasteiger partial charge < -0.3 is 24.2 Å². The van der Waals surface area contributed by atoms with E-state index in [0.29, 0.717) is 32.0 Å². The van der Waals surface area contributed by atoms with E-state index in [9.17, 15) is 14.4 Å². The smallest absolute Gasteiger partial charge is 0.325 e. The summed E-state index contributed by atoms with van der Waals surface area (Å²) < 4.78 is 16.5. The average Bonchev–Trinajstić information content (AvgIpc) is 3.08. The molecule has 3 rings (SSSR count). The molecule has 2 fully saturated rings. The third kappa shape index (κ3) is 4.20. The van der Waals surface area contributed by atoms with Crippen molar-refractivity contribution in [2.45, 2.75) is 39.0 Å². The van der Waals surface area contributed by atoms with E-state index in [1.165, 1.54) is 0 Å². The molecule has 2 N–H and O–H groups in total. The summed E-state index contributed by atoms with van der Waals surface area (Å²) in [7, 11) is 0. The fourth-order valence-electron chi connectivity index (χ4n) is 2.99. The fourth-order valence-corrected chi connectivity index (χ4v) is 2.99. The van der Waals surface area contributed by atoms with E-state index in [1.807, 2.05) is 13.8 Å². The Balaban J connectivity index is 1.54. The van der Waals surface area contributed by atoms with E-state index in [1.54, 1.807) is 0 Å². The number of aromatic nitrogens is 1. The summed E-state index contributed by atoms with van der Waals surface area (Å²) >= 11 is 0. The van der Waals surface area contributed by atoms with E-state index in [2.05, 4.69) is 15.8 Å². The molecule has 0 spiro atoms. The van der Waals surface area contributed by atoms with Crippen molar-refractivity contribution in [3.8, 4) is 0 Å². The third-order valence-electron chi connectivity index (χ3n) is 4.46. The highest BCUT2D eigenvalue weighted by Crippen LogP contribution is 2.18. The molecule has 10 nitrogen and oxygen atoms in total. The number of hydrogen-bond donors (Lipinski definition) is 2. The first-order valence-electron chi connectivity index (χ1n) is 8.43. The molecule has 10 heteroatoms. The summed E-state index contributed by atoms with van der Waals surface area (Å²) in [6.07, 6.45) is 0.409. The summed E-state index contributed by atoms with van der Waals surface area (Å²) in [5, 5.41) is 8.86. The van der Waals surface area contributed by atoms with E-state index in [0.717, 1.165) is 16.2 Å². The number of amides is 4. The predicted molar refractivity (Wildman–Crippen MR) is 87.0 cm³/mol. The third-order valence-corrected chi connectivity index (χ3v) is 4.46. The molecule has 0 bridgehead atoms. The van der Waals surface area contributed by atoms with Crippen LogP contribution < -0.4 is 10.6 Å². The molecule has 142 valence electrons. The van der Waals surface area contributed by atoms with Crippen LogP contribution in [0.1, 0.15) is 23.4 Å². The topological polar surface area (TPSA) is 123 Å². The van der Waals surface area contributed by atoms with Gasteiger partial charge >= 0.3 is 6.03 Å². The number of nitrogens with zero attached hydrogens (tertiary/aromatic N) is 2. The summed E-state index contributed by atoms with van der Waals surface area (Å²) in [6, 6.07) is -0.894.